The molecule has 198 valence electrons. The summed E-state index contributed by atoms with van der Waals surface area (Å²) < 4.78 is 3.87. The molecule has 0 fully saturated rings. The van der Waals surface area contributed by atoms with Gasteiger partial charge in [-0.25, -0.2) is 9.56 Å². The van der Waals surface area contributed by atoms with Crippen LogP contribution in [0.15, 0.2) is 36.4 Å². The van der Waals surface area contributed by atoms with Gasteiger partial charge in [-0.15, -0.1) is 11.3 Å². The van der Waals surface area contributed by atoms with Crippen molar-refractivity contribution in [3.8, 4) is 10.6 Å². The molecular formula is C32H50N3S+. The molecule has 0 atom stereocenters. The van der Waals surface area contributed by atoms with Crippen LogP contribution in [0.5, 0.6) is 0 Å². The van der Waals surface area contributed by atoms with Crippen LogP contribution in [0.4, 0.5) is 5.69 Å². The Bertz CT molecular complexity index is 1100. The maximum atomic E-state index is 5.05. The molecule has 0 bridgehead atoms. The second-order valence-corrected chi connectivity index (χ2v) is 13.3. The molecule has 4 heteroatoms. The molecule has 0 N–H and O–H groups in total. The van der Waals surface area contributed by atoms with Crippen molar-refractivity contribution in [2.24, 2.45) is 23.7 Å². The molecule has 0 unspecified atom stereocenters. The van der Waals surface area contributed by atoms with Crippen LogP contribution in [-0.2, 0) is 0 Å². The summed E-state index contributed by atoms with van der Waals surface area (Å²) in [6.07, 6.45) is 4.89. The predicted molar refractivity (Wildman–Crippen MR) is 161 cm³/mol. The second kappa shape index (κ2) is 13.6. The van der Waals surface area contributed by atoms with E-state index < -0.39 is 0 Å². The molecule has 36 heavy (non-hydrogen) atoms. The van der Waals surface area contributed by atoms with E-state index in [0.717, 1.165) is 37.4 Å². The van der Waals surface area contributed by atoms with Crippen LogP contribution in [-0.4, -0.2) is 31.2 Å². The Hall–Kier alpha value is -1.94. The lowest BCUT2D eigenvalue weighted by atomic mass is 10.1. The number of rotatable bonds is 13. The number of benzene rings is 2. The minimum atomic E-state index is 0.716. The van der Waals surface area contributed by atoms with E-state index in [4.69, 9.17) is 4.98 Å². The van der Waals surface area contributed by atoms with Gasteiger partial charge in [0.15, 0.2) is 0 Å². The fourth-order valence-electron chi connectivity index (χ4n) is 4.39. The van der Waals surface area contributed by atoms with Gasteiger partial charge in [0.1, 0.15) is 13.1 Å². The highest BCUT2D eigenvalue weighted by atomic mass is 32.1. The van der Waals surface area contributed by atoms with Crippen LogP contribution in [0.25, 0.3) is 20.8 Å². The second-order valence-electron chi connectivity index (χ2n) is 12.2. The third-order valence-corrected chi connectivity index (χ3v) is 8.08. The first-order valence-electron chi connectivity index (χ1n) is 14.3. The SMILES string of the molecule is CC(C)CCN(CCC(C)C)c1ccc2nc3ccc(=[N+](CCC(C)C)CCC(C)C)cc-3sc2c1. The van der Waals surface area contributed by atoms with Crippen molar-refractivity contribution in [3.63, 3.8) is 0 Å². The van der Waals surface area contributed by atoms with E-state index in [0.29, 0.717) is 23.7 Å². The lowest BCUT2D eigenvalue weighted by Gasteiger charge is -2.27. The zero-order valence-electron chi connectivity index (χ0n) is 24.2. The van der Waals surface area contributed by atoms with Crippen LogP contribution < -0.4 is 14.8 Å². The summed E-state index contributed by atoms with van der Waals surface area (Å²) in [5.74, 6) is 2.86. The first-order chi connectivity index (χ1) is 17.1. The molecule has 1 aliphatic carbocycles. The zero-order valence-corrected chi connectivity index (χ0v) is 25.0. The molecule has 0 saturated heterocycles. The van der Waals surface area contributed by atoms with Gasteiger partial charge in [-0.3, -0.25) is 0 Å². The normalized spacial score (nSPS) is 12.1. The minimum absolute atomic E-state index is 0.716. The molecule has 3 nitrogen and oxygen atoms in total. The Balaban J connectivity index is 2.01. The summed E-state index contributed by atoms with van der Waals surface area (Å²) in [7, 11) is 0. The number of hydrogen-bond acceptors (Lipinski definition) is 3. The van der Waals surface area contributed by atoms with Gasteiger partial charge in [0.05, 0.1) is 20.8 Å². The molecule has 0 amide bonds. The van der Waals surface area contributed by atoms with Crippen LogP contribution in [0, 0.1) is 23.7 Å². The fourth-order valence-corrected chi connectivity index (χ4v) is 5.42. The van der Waals surface area contributed by atoms with Gasteiger partial charge in [0, 0.05) is 43.8 Å². The molecular weight excluding hydrogens is 458 g/mol. The highest BCUT2D eigenvalue weighted by Crippen LogP contribution is 2.32. The summed E-state index contributed by atoms with van der Waals surface area (Å²) in [5, 5.41) is 1.34. The van der Waals surface area contributed by atoms with Gasteiger partial charge >= 0.3 is 0 Å². The number of hydrogen-bond donors (Lipinski definition) is 0. The van der Waals surface area contributed by atoms with E-state index in [9.17, 15) is 0 Å². The lowest BCUT2D eigenvalue weighted by molar-refractivity contribution is 0.448. The monoisotopic (exact) mass is 508 g/mol. The van der Waals surface area contributed by atoms with Crippen molar-refractivity contribution >= 4 is 27.2 Å². The maximum absolute atomic E-state index is 5.05. The maximum Gasteiger partial charge on any atom is 0.201 e. The van der Waals surface area contributed by atoms with Gasteiger partial charge in [-0.2, -0.15) is 0 Å². The van der Waals surface area contributed by atoms with Crippen molar-refractivity contribution < 1.29 is 0 Å². The van der Waals surface area contributed by atoms with E-state index >= 15 is 0 Å². The fraction of sp³-hybridized carbons (Fsp3) is 0.625. The quantitative estimate of drug-likeness (QED) is 0.171. The standard InChI is InChI=1S/C32H50N3S/c1-23(2)13-17-34(18-14-24(3)4)27-9-11-29-31(21-27)36-32-22-28(10-12-30(32)33-29)35(19-15-25(5)6)20-16-26(7)8/h9-12,21-26H,13-20H2,1-8H3/q+1. The molecule has 0 radical (unpaired) electrons. The number of aromatic nitrogens is 1. The molecule has 1 aromatic rings. The first-order valence-corrected chi connectivity index (χ1v) is 15.1. The van der Waals surface area contributed by atoms with Crippen molar-refractivity contribution in [2.75, 3.05) is 31.1 Å². The summed E-state index contributed by atoms with van der Waals surface area (Å²) in [6.45, 7) is 23.0. The van der Waals surface area contributed by atoms with Gasteiger partial charge in [-0.1, -0.05) is 55.4 Å². The summed E-state index contributed by atoms with van der Waals surface area (Å²) in [4.78, 5) is 8.92. The Labute approximate surface area is 224 Å². The zero-order chi connectivity index (χ0) is 26.2. The van der Waals surface area contributed by atoms with Crippen LogP contribution >= 0.6 is 11.3 Å². The molecule has 1 heterocycles. The number of nitrogens with zero attached hydrogens (tertiary/aromatic N) is 3. The lowest BCUT2D eigenvalue weighted by Crippen LogP contribution is -2.33. The van der Waals surface area contributed by atoms with Gasteiger partial charge in [-0.05, 0) is 60.8 Å². The van der Waals surface area contributed by atoms with E-state index in [1.807, 2.05) is 11.3 Å². The van der Waals surface area contributed by atoms with Crippen molar-refractivity contribution in [3.05, 3.63) is 41.8 Å². The van der Waals surface area contributed by atoms with Crippen LogP contribution in [0.3, 0.4) is 0 Å². The minimum Gasteiger partial charge on any atom is -0.371 e. The Morgan fingerprint density at radius 3 is 1.86 bits per heavy atom. The topological polar surface area (TPSA) is 19.1 Å². The molecule has 2 aliphatic rings. The summed E-state index contributed by atoms with van der Waals surface area (Å²) in [6, 6.07) is 13.8. The molecule has 1 aliphatic heterocycles. The summed E-state index contributed by atoms with van der Waals surface area (Å²) >= 11 is 1.90. The highest BCUT2D eigenvalue weighted by molar-refractivity contribution is 7.21. The third kappa shape index (κ3) is 8.57. The highest BCUT2D eigenvalue weighted by Gasteiger charge is 2.15. The van der Waals surface area contributed by atoms with E-state index in [1.54, 1.807) is 0 Å². The van der Waals surface area contributed by atoms with Crippen molar-refractivity contribution in [1.29, 1.82) is 0 Å². The van der Waals surface area contributed by atoms with E-state index in [2.05, 4.69) is 101 Å². The molecule has 0 saturated carbocycles. The van der Waals surface area contributed by atoms with Gasteiger partial charge < -0.3 is 4.90 Å². The molecule has 3 rings (SSSR count). The third-order valence-electron chi connectivity index (χ3n) is 6.98. The smallest absolute Gasteiger partial charge is 0.201 e. The van der Waals surface area contributed by atoms with E-state index in [-0.39, 0.29) is 0 Å². The average molecular weight is 509 g/mol. The van der Waals surface area contributed by atoms with Crippen molar-refractivity contribution in [2.45, 2.75) is 81.1 Å². The Morgan fingerprint density at radius 2 is 1.31 bits per heavy atom. The molecule has 0 aromatic heterocycles. The average Bonchev–Trinajstić information content (AvgIpc) is 2.81. The summed E-state index contributed by atoms with van der Waals surface area (Å²) in [5.41, 5.74) is 3.55. The molecule has 0 spiro atoms. The number of fused-ring (bicyclic) bond motifs is 2. The van der Waals surface area contributed by atoms with Crippen LogP contribution in [0.1, 0.15) is 81.1 Å². The Morgan fingerprint density at radius 1 is 0.722 bits per heavy atom. The van der Waals surface area contributed by atoms with Gasteiger partial charge in [0.2, 0.25) is 5.36 Å². The van der Waals surface area contributed by atoms with Crippen LogP contribution in [0.2, 0.25) is 0 Å². The number of anilines is 1. The predicted octanol–water partition coefficient (Wildman–Crippen LogP) is 8.16. The molecule has 1 aromatic carbocycles. The van der Waals surface area contributed by atoms with E-state index in [1.165, 1.54) is 46.3 Å². The first kappa shape index (κ1) is 28.6. The largest absolute Gasteiger partial charge is 0.371 e. The Kier molecular flexibility index (Phi) is 10.8. The van der Waals surface area contributed by atoms with Gasteiger partial charge in [0.25, 0.3) is 0 Å². The van der Waals surface area contributed by atoms with Crippen molar-refractivity contribution in [1.82, 2.24) is 9.56 Å².